The molecule has 2 aromatic rings. The van der Waals surface area contributed by atoms with E-state index in [9.17, 15) is 4.79 Å². The third kappa shape index (κ3) is 1.84. The van der Waals surface area contributed by atoms with Gasteiger partial charge < -0.3 is 0 Å². The zero-order chi connectivity index (χ0) is 13.8. The SMILES string of the molecule is Cc1cc(Br)c2nc(C3(C)CCC3)n(C)c(=O)c2c1. The van der Waals surface area contributed by atoms with Crippen LogP contribution in [0.5, 0.6) is 0 Å². The van der Waals surface area contributed by atoms with Crippen LogP contribution in [-0.4, -0.2) is 9.55 Å². The van der Waals surface area contributed by atoms with E-state index in [-0.39, 0.29) is 11.0 Å². The van der Waals surface area contributed by atoms with E-state index in [0.717, 1.165) is 34.2 Å². The Morgan fingerprint density at radius 3 is 2.63 bits per heavy atom. The molecule has 1 saturated carbocycles. The molecule has 3 rings (SSSR count). The maximum atomic E-state index is 12.5. The van der Waals surface area contributed by atoms with Crippen LogP contribution in [0.4, 0.5) is 0 Å². The van der Waals surface area contributed by atoms with Crippen molar-refractivity contribution in [3.8, 4) is 0 Å². The van der Waals surface area contributed by atoms with Crippen LogP contribution >= 0.6 is 15.9 Å². The van der Waals surface area contributed by atoms with E-state index < -0.39 is 0 Å². The van der Waals surface area contributed by atoms with E-state index in [2.05, 4.69) is 22.9 Å². The Balaban J connectivity index is 2.38. The van der Waals surface area contributed by atoms with Crippen LogP contribution in [-0.2, 0) is 12.5 Å². The van der Waals surface area contributed by atoms with E-state index in [0.29, 0.717) is 5.39 Å². The maximum absolute atomic E-state index is 12.5. The second-order valence-electron chi connectivity index (χ2n) is 5.86. The number of aromatic nitrogens is 2. The number of benzene rings is 1. The lowest BCUT2D eigenvalue weighted by atomic mass is 9.69. The number of nitrogens with zero attached hydrogens (tertiary/aromatic N) is 2. The zero-order valence-corrected chi connectivity index (χ0v) is 13.0. The smallest absolute Gasteiger partial charge is 0.261 e. The number of fused-ring (bicyclic) bond motifs is 1. The van der Waals surface area contributed by atoms with Gasteiger partial charge in [0.05, 0.1) is 10.9 Å². The predicted molar refractivity (Wildman–Crippen MR) is 80.6 cm³/mol. The molecule has 3 nitrogen and oxygen atoms in total. The van der Waals surface area contributed by atoms with Crippen molar-refractivity contribution in [3.63, 3.8) is 0 Å². The van der Waals surface area contributed by atoms with Crippen LogP contribution in [0.25, 0.3) is 10.9 Å². The molecule has 4 heteroatoms. The molecule has 100 valence electrons. The lowest BCUT2D eigenvalue weighted by Crippen LogP contribution is -2.38. The molecule has 0 atom stereocenters. The van der Waals surface area contributed by atoms with Crippen molar-refractivity contribution in [2.24, 2.45) is 7.05 Å². The van der Waals surface area contributed by atoms with Crippen LogP contribution in [0, 0.1) is 6.92 Å². The zero-order valence-electron chi connectivity index (χ0n) is 11.5. The first-order chi connectivity index (χ1) is 8.92. The molecule has 0 spiro atoms. The molecule has 0 aliphatic heterocycles. The Morgan fingerprint density at radius 1 is 1.37 bits per heavy atom. The third-order valence-electron chi connectivity index (χ3n) is 4.28. The van der Waals surface area contributed by atoms with Crippen LogP contribution < -0.4 is 5.56 Å². The first-order valence-electron chi connectivity index (χ1n) is 6.60. The highest BCUT2D eigenvalue weighted by molar-refractivity contribution is 9.10. The Labute approximate surface area is 120 Å². The van der Waals surface area contributed by atoms with E-state index in [1.165, 1.54) is 6.42 Å². The normalized spacial score (nSPS) is 17.5. The molecule has 0 saturated heterocycles. The van der Waals surface area contributed by atoms with Crippen molar-refractivity contribution in [2.75, 3.05) is 0 Å². The fourth-order valence-corrected chi connectivity index (χ4v) is 3.60. The average molecular weight is 321 g/mol. The second kappa shape index (κ2) is 4.17. The average Bonchev–Trinajstić information content (AvgIpc) is 2.31. The Bertz CT molecular complexity index is 729. The largest absolute Gasteiger partial charge is 0.299 e. The molecular weight excluding hydrogens is 304 g/mol. The molecule has 19 heavy (non-hydrogen) atoms. The minimum absolute atomic E-state index is 0.0533. The molecule has 0 amide bonds. The topological polar surface area (TPSA) is 34.9 Å². The molecular formula is C15H17BrN2O. The van der Waals surface area contributed by atoms with Gasteiger partial charge in [-0.05, 0) is 53.4 Å². The summed E-state index contributed by atoms with van der Waals surface area (Å²) in [5.74, 6) is 0.917. The van der Waals surface area contributed by atoms with Crippen LogP contribution in [0.3, 0.4) is 0 Å². The quantitative estimate of drug-likeness (QED) is 0.806. The van der Waals surface area contributed by atoms with Crippen molar-refractivity contribution < 1.29 is 0 Å². The Hall–Kier alpha value is -1.16. The molecule has 1 fully saturated rings. The fraction of sp³-hybridized carbons (Fsp3) is 0.467. The number of hydrogen-bond donors (Lipinski definition) is 0. The molecule has 1 aromatic carbocycles. The summed E-state index contributed by atoms with van der Waals surface area (Å²) in [5.41, 5.74) is 1.97. The van der Waals surface area contributed by atoms with Gasteiger partial charge in [-0.2, -0.15) is 0 Å². The van der Waals surface area contributed by atoms with Crippen LogP contribution in [0.2, 0.25) is 0 Å². The van der Waals surface area contributed by atoms with Crippen molar-refractivity contribution >= 4 is 26.8 Å². The van der Waals surface area contributed by atoms with Crippen molar-refractivity contribution in [1.82, 2.24) is 9.55 Å². The summed E-state index contributed by atoms with van der Waals surface area (Å²) in [7, 11) is 1.84. The highest BCUT2D eigenvalue weighted by atomic mass is 79.9. The molecule has 0 bridgehead atoms. The number of hydrogen-bond acceptors (Lipinski definition) is 2. The number of rotatable bonds is 1. The van der Waals surface area contributed by atoms with Crippen LogP contribution in [0.15, 0.2) is 21.4 Å². The van der Waals surface area contributed by atoms with Gasteiger partial charge in [-0.3, -0.25) is 9.36 Å². The van der Waals surface area contributed by atoms with Gasteiger partial charge in [0, 0.05) is 16.9 Å². The van der Waals surface area contributed by atoms with Gasteiger partial charge in [0.1, 0.15) is 5.82 Å². The molecule has 0 radical (unpaired) electrons. The monoisotopic (exact) mass is 320 g/mol. The van der Waals surface area contributed by atoms with Crippen molar-refractivity contribution in [1.29, 1.82) is 0 Å². The summed E-state index contributed by atoms with van der Waals surface area (Å²) in [6.45, 7) is 4.19. The van der Waals surface area contributed by atoms with Crippen molar-refractivity contribution in [2.45, 2.75) is 38.5 Å². The summed E-state index contributed by atoms with van der Waals surface area (Å²) in [6, 6.07) is 3.93. The van der Waals surface area contributed by atoms with E-state index >= 15 is 0 Å². The number of aryl methyl sites for hydroxylation is 1. The fourth-order valence-electron chi connectivity index (χ4n) is 2.94. The standard InChI is InChI=1S/C15H17BrN2O/c1-9-7-10-12(11(16)8-9)17-14(18(3)13(10)19)15(2)5-4-6-15/h7-8H,4-6H2,1-3H3. The minimum atomic E-state index is 0.0533. The first-order valence-corrected chi connectivity index (χ1v) is 7.39. The van der Waals surface area contributed by atoms with E-state index in [1.54, 1.807) is 4.57 Å². The first kappa shape index (κ1) is 12.9. The molecule has 0 unspecified atom stereocenters. The maximum Gasteiger partial charge on any atom is 0.261 e. The van der Waals surface area contributed by atoms with Gasteiger partial charge >= 0.3 is 0 Å². The third-order valence-corrected chi connectivity index (χ3v) is 4.88. The van der Waals surface area contributed by atoms with Crippen LogP contribution in [0.1, 0.15) is 37.6 Å². The van der Waals surface area contributed by atoms with E-state index in [1.807, 2.05) is 26.1 Å². The van der Waals surface area contributed by atoms with Gasteiger partial charge in [0.25, 0.3) is 5.56 Å². The molecule has 1 aliphatic rings. The minimum Gasteiger partial charge on any atom is -0.299 e. The Kier molecular flexibility index (Phi) is 2.82. The summed E-state index contributed by atoms with van der Waals surface area (Å²) in [4.78, 5) is 17.3. The van der Waals surface area contributed by atoms with Crippen molar-refractivity contribution in [3.05, 3.63) is 38.3 Å². The molecule has 0 N–H and O–H groups in total. The number of halogens is 1. The predicted octanol–water partition coefficient (Wildman–Crippen LogP) is 3.45. The lowest BCUT2D eigenvalue weighted by Gasteiger charge is -2.38. The Morgan fingerprint density at radius 2 is 2.05 bits per heavy atom. The highest BCUT2D eigenvalue weighted by Crippen LogP contribution is 2.42. The molecule has 1 heterocycles. The lowest BCUT2D eigenvalue weighted by molar-refractivity contribution is 0.248. The molecule has 1 aliphatic carbocycles. The van der Waals surface area contributed by atoms with Gasteiger partial charge in [-0.1, -0.05) is 13.3 Å². The highest BCUT2D eigenvalue weighted by Gasteiger charge is 2.37. The summed E-state index contributed by atoms with van der Waals surface area (Å²) in [6.07, 6.45) is 3.45. The summed E-state index contributed by atoms with van der Waals surface area (Å²) < 4.78 is 2.64. The summed E-state index contributed by atoms with van der Waals surface area (Å²) >= 11 is 3.54. The van der Waals surface area contributed by atoms with Gasteiger partial charge in [0.15, 0.2) is 0 Å². The van der Waals surface area contributed by atoms with Gasteiger partial charge in [0.2, 0.25) is 0 Å². The summed E-state index contributed by atoms with van der Waals surface area (Å²) in [5, 5.41) is 0.695. The second-order valence-corrected chi connectivity index (χ2v) is 6.71. The van der Waals surface area contributed by atoms with Gasteiger partial charge in [-0.25, -0.2) is 4.98 Å². The molecule has 1 aromatic heterocycles. The van der Waals surface area contributed by atoms with Gasteiger partial charge in [-0.15, -0.1) is 0 Å². The van der Waals surface area contributed by atoms with E-state index in [4.69, 9.17) is 4.98 Å².